The Hall–Kier alpha value is -2.09. The molecule has 5 nitrogen and oxygen atoms in total. The van der Waals surface area contributed by atoms with Crippen molar-refractivity contribution >= 4 is 6.09 Å². The van der Waals surface area contributed by atoms with Crippen molar-refractivity contribution < 1.29 is 9.53 Å². The highest BCUT2D eigenvalue weighted by Crippen LogP contribution is 2.61. The van der Waals surface area contributed by atoms with E-state index in [9.17, 15) is 4.79 Å². The van der Waals surface area contributed by atoms with Crippen molar-refractivity contribution in [2.75, 3.05) is 0 Å². The Labute approximate surface area is 155 Å². The zero-order valence-electron chi connectivity index (χ0n) is 15.8. The van der Waals surface area contributed by atoms with E-state index in [-0.39, 0.29) is 17.0 Å². The molecule has 138 valence electrons. The minimum atomic E-state index is -0.476. The molecular formula is C21H27N3O2. The zero-order valence-corrected chi connectivity index (χ0v) is 15.8. The van der Waals surface area contributed by atoms with Gasteiger partial charge >= 0.3 is 6.09 Å². The third kappa shape index (κ3) is 3.56. The summed E-state index contributed by atoms with van der Waals surface area (Å²) in [7, 11) is 0. The molecule has 2 atom stereocenters. The standard InChI is InChI=1S/C21H27N3O2/c1-19(2,3)26-18(25)24-21-11-15-8-16(12-21)10-20(9-15,14-21)5-4-17-13-22-6-7-23-17/h6-7,13,15-16H,8-12,14H2,1-3H3,(H,24,25). The van der Waals surface area contributed by atoms with E-state index < -0.39 is 5.60 Å². The van der Waals surface area contributed by atoms with Gasteiger partial charge in [-0.05, 0) is 77.1 Å². The number of nitrogens with zero attached hydrogens (tertiary/aromatic N) is 2. The summed E-state index contributed by atoms with van der Waals surface area (Å²) in [5.41, 5.74) is 0.0630. The molecule has 0 saturated heterocycles. The number of ether oxygens (including phenoxy) is 1. The molecule has 1 aromatic rings. The molecule has 0 radical (unpaired) electrons. The van der Waals surface area contributed by atoms with Crippen molar-refractivity contribution in [1.82, 2.24) is 15.3 Å². The van der Waals surface area contributed by atoms with Gasteiger partial charge in [0.25, 0.3) is 0 Å². The molecule has 2 unspecified atom stereocenters. The van der Waals surface area contributed by atoms with E-state index in [0.717, 1.165) is 37.8 Å². The fourth-order valence-corrected chi connectivity index (χ4v) is 5.64. The van der Waals surface area contributed by atoms with E-state index >= 15 is 0 Å². The lowest BCUT2D eigenvalue weighted by Crippen LogP contribution is -2.63. The van der Waals surface area contributed by atoms with Gasteiger partial charge in [-0.15, -0.1) is 0 Å². The summed E-state index contributed by atoms with van der Waals surface area (Å²) >= 11 is 0. The second kappa shape index (κ2) is 5.97. The maximum atomic E-state index is 12.4. The topological polar surface area (TPSA) is 64.1 Å². The number of hydrogen-bond donors (Lipinski definition) is 1. The Balaban J connectivity index is 1.56. The third-order valence-electron chi connectivity index (χ3n) is 5.85. The molecule has 5 rings (SSSR count). The predicted molar refractivity (Wildman–Crippen MR) is 98.1 cm³/mol. The summed E-state index contributed by atoms with van der Waals surface area (Å²) in [5, 5.41) is 3.25. The van der Waals surface area contributed by atoms with Crippen molar-refractivity contribution in [1.29, 1.82) is 0 Å². The molecule has 4 aliphatic rings. The van der Waals surface area contributed by atoms with Gasteiger partial charge in [0, 0.05) is 23.3 Å². The highest BCUT2D eigenvalue weighted by molar-refractivity contribution is 5.69. The Morgan fingerprint density at radius 1 is 1.23 bits per heavy atom. The van der Waals surface area contributed by atoms with Gasteiger partial charge in [0.1, 0.15) is 11.3 Å². The smallest absolute Gasteiger partial charge is 0.408 e. The van der Waals surface area contributed by atoms with Crippen LogP contribution in [0, 0.1) is 29.1 Å². The molecular weight excluding hydrogens is 326 g/mol. The Kier molecular flexibility index (Phi) is 3.98. The highest BCUT2D eigenvalue weighted by atomic mass is 16.6. The van der Waals surface area contributed by atoms with Crippen LogP contribution >= 0.6 is 0 Å². The summed E-state index contributed by atoms with van der Waals surface area (Å²) in [6.45, 7) is 5.71. The fraction of sp³-hybridized carbons (Fsp3) is 0.667. The normalized spacial score (nSPS) is 34.7. The summed E-state index contributed by atoms with van der Waals surface area (Å²) in [5.74, 6) is 8.07. The first-order valence-corrected chi connectivity index (χ1v) is 9.55. The van der Waals surface area contributed by atoms with Crippen molar-refractivity contribution in [3.63, 3.8) is 0 Å². The van der Waals surface area contributed by atoms with Crippen LogP contribution in [0.15, 0.2) is 18.6 Å². The molecule has 1 aromatic heterocycles. The number of nitrogens with one attached hydrogen (secondary N) is 1. The van der Waals surface area contributed by atoms with Crippen LogP contribution in [-0.2, 0) is 4.74 Å². The lowest BCUT2D eigenvalue weighted by atomic mass is 9.47. The van der Waals surface area contributed by atoms with Gasteiger partial charge in [-0.25, -0.2) is 9.78 Å². The summed E-state index contributed by atoms with van der Waals surface area (Å²) in [6.07, 6.45) is 11.3. The largest absolute Gasteiger partial charge is 0.444 e. The van der Waals surface area contributed by atoms with Gasteiger partial charge in [0.15, 0.2) is 0 Å². The predicted octanol–water partition coefficient (Wildman–Crippen LogP) is 3.69. The minimum absolute atomic E-state index is 0.0172. The Morgan fingerprint density at radius 3 is 2.58 bits per heavy atom. The molecule has 4 aliphatic carbocycles. The van der Waals surface area contributed by atoms with Gasteiger partial charge < -0.3 is 10.1 Å². The number of amides is 1. The molecule has 26 heavy (non-hydrogen) atoms. The first kappa shape index (κ1) is 17.3. The molecule has 1 heterocycles. The average molecular weight is 353 g/mol. The van der Waals surface area contributed by atoms with Crippen molar-refractivity contribution in [2.45, 2.75) is 70.4 Å². The lowest BCUT2D eigenvalue weighted by Gasteiger charge is -2.60. The van der Waals surface area contributed by atoms with E-state index in [1.165, 1.54) is 6.42 Å². The first-order valence-electron chi connectivity index (χ1n) is 9.55. The quantitative estimate of drug-likeness (QED) is 0.782. The van der Waals surface area contributed by atoms with Crippen LogP contribution in [-0.4, -0.2) is 27.2 Å². The van der Waals surface area contributed by atoms with Crippen LogP contribution in [0.1, 0.15) is 65.0 Å². The molecule has 0 aliphatic heterocycles. The maximum Gasteiger partial charge on any atom is 0.408 e. The van der Waals surface area contributed by atoms with E-state index in [0.29, 0.717) is 11.8 Å². The third-order valence-corrected chi connectivity index (χ3v) is 5.85. The second-order valence-corrected chi connectivity index (χ2v) is 9.49. The Bertz CT molecular complexity index is 743. The van der Waals surface area contributed by atoms with Crippen molar-refractivity contribution in [3.05, 3.63) is 24.3 Å². The van der Waals surface area contributed by atoms with Crippen LogP contribution in [0.4, 0.5) is 4.79 Å². The molecule has 0 spiro atoms. The van der Waals surface area contributed by atoms with Gasteiger partial charge in [-0.2, -0.15) is 0 Å². The number of alkyl carbamates (subject to hydrolysis) is 1. The van der Waals surface area contributed by atoms with E-state index in [4.69, 9.17) is 4.74 Å². The summed E-state index contributed by atoms with van der Waals surface area (Å²) < 4.78 is 5.53. The minimum Gasteiger partial charge on any atom is -0.444 e. The van der Waals surface area contributed by atoms with Gasteiger partial charge in [0.05, 0.1) is 6.20 Å². The molecule has 4 saturated carbocycles. The number of rotatable bonds is 1. The first-order chi connectivity index (χ1) is 12.3. The average Bonchev–Trinajstić information content (AvgIpc) is 2.50. The monoisotopic (exact) mass is 353 g/mol. The molecule has 1 amide bonds. The van der Waals surface area contributed by atoms with Crippen LogP contribution in [0.2, 0.25) is 0 Å². The van der Waals surface area contributed by atoms with Crippen LogP contribution in [0.5, 0.6) is 0 Å². The van der Waals surface area contributed by atoms with Crippen molar-refractivity contribution in [2.24, 2.45) is 17.3 Å². The van der Waals surface area contributed by atoms with Gasteiger partial charge in [-0.3, -0.25) is 4.98 Å². The summed E-state index contributed by atoms with van der Waals surface area (Å²) in [6, 6.07) is 0. The second-order valence-electron chi connectivity index (χ2n) is 9.49. The van der Waals surface area contributed by atoms with E-state index in [1.54, 1.807) is 18.6 Å². The SMILES string of the molecule is CC(C)(C)OC(=O)NC12CC3CC(CC(C#Cc4cnccn4)(C3)C1)C2. The molecule has 4 bridgehead atoms. The summed E-state index contributed by atoms with van der Waals surface area (Å²) in [4.78, 5) is 20.8. The molecule has 5 heteroatoms. The van der Waals surface area contributed by atoms with Crippen molar-refractivity contribution in [3.8, 4) is 11.8 Å². The van der Waals surface area contributed by atoms with E-state index in [2.05, 4.69) is 27.1 Å². The highest BCUT2D eigenvalue weighted by Gasteiger charge is 2.58. The van der Waals surface area contributed by atoms with Crippen LogP contribution in [0.25, 0.3) is 0 Å². The maximum absolute atomic E-state index is 12.4. The van der Waals surface area contributed by atoms with Gasteiger partial charge in [-0.1, -0.05) is 5.92 Å². The lowest BCUT2D eigenvalue weighted by molar-refractivity contribution is -0.0546. The Morgan fingerprint density at radius 2 is 1.96 bits per heavy atom. The van der Waals surface area contributed by atoms with Gasteiger partial charge in [0.2, 0.25) is 0 Å². The van der Waals surface area contributed by atoms with Crippen LogP contribution in [0.3, 0.4) is 0 Å². The van der Waals surface area contributed by atoms with Crippen LogP contribution < -0.4 is 5.32 Å². The fourth-order valence-electron chi connectivity index (χ4n) is 5.64. The number of hydrogen-bond acceptors (Lipinski definition) is 4. The number of carbonyl (C=O) groups is 1. The molecule has 4 fully saturated rings. The molecule has 1 N–H and O–H groups in total. The number of aromatic nitrogens is 2. The van der Waals surface area contributed by atoms with E-state index in [1.807, 2.05) is 20.8 Å². The molecule has 0 aromatic carbocycles. The number of carbonyl (C=O) groups excluding carboxylic acids is 1. The zero-order chi connectivity index (χ0) is 18.4.